The Morgan fingerprint density at radius 3 is 2.53 bits per heavy atom. The van der Waals surface area contributed by atoms with Crippen LogP contribution in [0.2, 0.25) is 0 Å². The van der Waals surface area contributed by atoms with Gasteiger partial charge in [-0.05, 0) is 28.1 Å². The number of hydrogen-bond acceptors (Lipinski definition) is 3. The standard InChI is InChI=1S/C13H9BrClNO3/c14-13-10(16(17)18)5-3-7-12(13)19-11-6-2-1-4-9(11)8-15/h1-7H,8H2. The molecule has 0 amide bonds. The Hall–Kier alpha value is -1.59. The van der Waals surface area contributed by atoms with Gasteiger partial charge in [-0.3, -0.25) is 10.1 Å². The van der Waals surface area contributed by atoms with E-state index >= 15 is 0 Å². The van der Waals surface area contributed by atoms with Crippen LogP contribution in [0.25, 0.3) is 0 Å². The Labute approximate surface area is 123 Å². The molecule has 0 saturated heterocycles. The molecule has 19 heavy (non-hydrogen) atoms. The maximum atomic E-state index is 10.8. The van der Waals surface area contributed by atoms with Gasteiger partial charge in [0, 0.05) is 11.6 Å². The molecule has 0 fully saturated rings. The van der Waals surface area contributed by atoms with E-state index in [0.717, 1.165) is 5.56 Å². The van der Waals surface area contributed by atoms with E-state index in [-0.39, 0.29) is 5.69 Å². The lowest BCUT2D eigenvalue weighted by atomic mass is 10.2. The van der Waals surface area contributed by atoms with E-state index in [1.165, 1.54) is 6.07 Å². The predicted molar refractivity (Wildman–Crippen MR) is 76.9 cm³/mol. The fourth-order valence-corrected chi connectivity index (χ4v) is 2.26. The second kappa shape index (κ2) is 6.04. The number of para-hydroxylation sites is 1. The van der Waals surface area contributed by atoms with Crippen molar-refractivity contribution in [2.45, 2.75) is 5.88 Å². The van der Waals surface area contributed by atoms with Crippen molar-refractivity contribution < 1.29 is 9.66 Å². The minimum atomic E-state index is -0.468. The van der Waals surface area contributed by atoms with Crippen molar-refractivity contribution in [3.05, 3.63) is 62.6 Å². The van der Waals surface area contributed by atoms with Crippen molar-refractivity contribution in [1.29, 1.82) is 0 Å². The maximum absolute atomic E-state index is 10.8. The number of nitrogens with zero attached hydrogens (tertiary/aromatic N) is 1. The Kier molecular flexibility index (Phi) is 4.39. The molecule has 0 aliphatic heterocycles. The molecule has 2 rings (SSSR count). The molecular formula is C13H9BrClNO3. The van der Waals surface area contributed by atoms with E-state index in [4.69, 9.17) is 16.3 Å². The highest BCUT2D eigenvalue weighted by molar-refractivity contribution is 9.10. The third kappa shape index (κ3) is 3.05. The number of rotatable bonds is 4. The van der Waals surface area contributed by atoms with Gasteiger partial charge in [-0.2, -0.15) is 0 Å². The van der Waals surface area contributed by atoms with E-state index in [1.54, 1.807) is 18.2 Å². The van der Waals surface area contributed by atoms with Crippen molar-refractivity contribution in [2.24, 2.45) is 0 Å². The molecule has 0 spiro atoms. The minimum absolute atomic E-state index is 0.0409. The first-order valence-corrected chi connectivity index (χ1v) is 6.71. The number of benzene rings is 2. The Morgan fingerprint density at radius 1 is 1.16 bits per heavy atom. The van der Waals surface area contributed by atoms with Gasteiger partial charge in [-0.15, -0.1) is 11.6 Å². The Bertz CT molecular complexity index is 619. The average molecular weight is 343 g/mol. The van der Waals surface area contributed by atoms with Crippen LogP contribution in [-0.2, 0) is 5.88 Å². The van der Waals surface area contributed by atoms with Crippen LogP contribution >= 0.6 is 27.5 Å². The number of alkyl halides is 1. The zero-order valence-electron chi connectivity index (χ0n) is 9.68. The molecule has 0 N–H and O–H groups in total. The molecule has 2 aromatic rings. The number of nitro groups is 1. The van der Waals surface area contributed by atoms with Crippen LogP contribution in [0.15, 0.2) is 46.9 Å². The fourth-order valence-electron chi connectivity index (χ4n) is 1.55. The monoisotopic (exact) mass is 341 g/mol. The summed E-state index contributed by atoms with van der Waals surface area (Å²) in [6.07, 6.45) is 0. The zero-order chi connectivity index (χ0) is 13.8. The number of hydrogen-bond donors (Lipinski definition) is 0. The second-order valence-electron chi connectivity index (χ2n) is 3.69. The van der Waals surface area contributed by atoms with Crippen LogP contribution in [0.3, 0.4) is 0 Å². The molecule has 0 unspecified atom stereocenters. The summed E-state index contributed by atoms with van der Waals surface area (Å²) >= 11 is 9.01. The molecule has 0 radical (unpaired) electrons. The number of halogens is 2. The fraction of sp³-hybridized carbons (Fsp3) is 0.0769. The molecule has 0 saturated carbocycles. The first kappa shape index (κ1) is 13.8. The van der Waals surface area contributed by atoms with Crippen molar-refractivity contribution >= 4 is 33.2 Å². The molecule has 0 aliphatic rings. The summed E-state index contributed by atoms with van der Waals surface area (Å²) in [5, 5.41) is 10.8. The topological polar surface area (TPSA) is 52.4 Å². The highest BCUT2D eigenvalue weighted by atomic mass is 79.9. The molecule has 0 atom stereocenters. The number of ether oxygens (including phenoxy) is 1. The molecule has 98 valence electrons. The third-order valence-corrected chi connectivity index (χ3v) is 3.56. The largest absolute Gasteiger partial charge is 0.456 e. The highest BCUT2D eigenvalue weighted by Gasteiger charge is 2.16. The summed E-state index contributed by atoms with van der Waals surface area (Å²) in [6, 6.07) is 11.9. The van der Waals surface area contributed by atoms with Gasteiger partial charge in [-0.1, -0.05) is 24.3 Å². The summed E-state index contributed by atoms with van der Waals surface area (Å²) in [5.41, 5.74) is 0.781. The first-order valence-electron chi connectivity index (χ1n) is 5.38. The highest BCUT2D eigenvalue weighted by Crippen LogP contribution is 2.37. The quantitative estimate of drug-likeness (QED) is 0.451. The van der Waals surface area contributed by atoms with Crippen LogP contribution in [0.1, 0.15) is 5.56 Å². The lowest BCUT2D eigenvalue weighted by Crippen LogP contribution is -1.93. The van der Waals surface area contributed by atoms with E-state index < -0.39 is 4.92 Å². The summed E-state index contributed by atoms with van der Waals surface area (Å²) in [4.78, 5) is 10.4. The van der Waals surface area contributed by atoms with Crippen molar-refractivity contribution in [3.63, 3.8) is 0 Å². The Balaban J connectivity index is 2.39. The van der Waals surface area contributed by atoms with Gasteiger partial charge < -0.3 is 4.74 Å². The lowest BCUT2D eigenvalue weighted by Gasteiger charge is -2.10. The van der Waals surface area contributed by atoms with Gasteiger partial charge in [-0.25, -0.2) is 0 Å². The second-order valence-corrected chi connectivity index (χ2v) is 4.75. The van der Waals surface area contributed by atoms with Gasteiger partial charge in [0.1, 0.15) is 16.0 Å². The van der Waals surface area contributed by atoms with Crippen LogP contribution in [0, 0.1) is 10.1 Å². The van der Waals surface area contributed by atoms with E-state index in [9.17, 15) is 10.1 Å². The van der Waals surface area contributed by atoms with Gasteiger partial charge in [0.2, 0.25) is 0 Å². The van der Waals surface area contributed by atoms with Crippen molar-refractivity contribution in [3.8, 4) is 11.5 Å². The summed E-state index contributed by atoms with van der Waals surface area (Å²) in [6.45, 7) is 0. The van der Waals surface area contributed by atoms with E-state index in [0.29, 0.717) is 21.9 Å². The van der Waals surface area contributed by atoms with Gasteiger partial charge in [0.25, 0.3) is 5.69 Å². The third-order valence-electron chi connectivity index (χ3n) is 2.48. The molecule has 0 aliphatic carbocycles. The SMILES string of the molecule is O=[N+]([O-])c1cccc(Oc2ccccc2CCl)c1Br. The smallest absolute Gasteiger partial charge is 0.287 e. The van der Waals surface area contributed by atoms with Gasteiger partial charge in [0.05, 0.1) is 10.8 Å². The van der Waals surface area contributed by atoms with E-state index in [2.05, 4.69) is 15.9 Å². The molecule has 6 heteroatoms. The molecular weight excluding hydrogens is 334 g/mol. The van der Waals surface area contributed by atoms with E-state index in [1.807, 2.05) is 18.2 Å². The minimum Gasteiger partial charge on any atom is -0.456 e. The Morgan fingerprint density at radius 2 is 1.84 bits per heavy atom. The average Bonchev–Trinajstić information content (AvgIpc) is 2.41. The molecule has 0 aromatic heterocycles. The summed E-state index contributed by atoms with van der Waals surface area (Å²) < 4.78 is 6.00. The molecule has 4 nitrogen and oxygen atoms in total. The first-order chi connectivity index (χ1) is 9.13. The molecule has 0 heterocycles. The predicted octanol–water partition coefficient (Wildman–Crippen LogP) is 4.89. The van der Waals surface area contributed by atoms with Crippen LogP contribution in [0.5, 0.6) is 11.5 Å². The van der Waals surface area contributed by atoms with Gasteiger partial charge >= 0.3 is 0 Å². The molecule has 0 bridgehead atoms. The van der Waals surface area contributed by atoms with Crippen LogP contribution in [-0.4, -0.2) is 4.92 Å². The van der Waals surface area contributed by atoms with Crippen LogP contribution < -0.4 is 4.74 Å². The summed E-state index contributed by atoms with van der Waals surface area (Å²) in [7, 11) is 0. The maximum Gasteiger partial charge on any atom is 0.287 e. The normalized spacial score (nSPS) is 10.2. The number of nitro benzene ring substituents is 1. The zero-order valence-corrected chi connectivity index (χ0v) is 12.0. The molecule has 2 aromatic carbocycles. The van der Waals surface area contributed by atoms with Gasteiger partial charge in [0.15, 0.2) is 0 Å². The van der Waals surface area contributed by atoms with Crippen molar-refractivity contribution in [2.75, 3.05) is 0 Å². The summed E-state index contributed by atoms with van der Waals surface area (Å²) in [5.74, 6) is 1.27. The van der Waals surface area contributed by atoms with Crippen LogP contribution in [0.4, 0.5) is 5.69 Å². The van der Waals surface area contributed by atoms with Crippen molar-refractivity contribution in [1.82, 2.24) is 0 Å². The lowest BCUT2D eigenvalue weighted by molar-refractivity contribution is -0.385.